The van der Waals surface area contributed by atoms with Crippen molar-refractivity contribution >= 4 is 28.5 Å². The van der Waals surface area contributed by atoms with Gasteiger partial charge in [0.1, 0.15) is 17.2 Å². The van der Waals surface area contributed by atoms with Gasteiger partial charge in [-0.05, 0) is 42.5 Å². The van der Waals surface area contributed by atoms with Crippen molar-refractivity contribution in [3.8, 4) is 11.3 Å². The summed E-state index contributed by atoms with van der Waals surface area (Å²) in [6, 6.07) is 12.4. The summed E-state index contributed by atoms with van der Waals surface area (Å²) >= 11 is 5.92. The molecule has 0 unspecified atom stereocenters. The second kappa shape index (κ2) is 7.88. The molecule has 4 rings (SSSR count). The summed E-state index contributed by atoms with van der Waals surface area (Å²) in [5.74, 6) is 0.951. The number of aromatic nitrogens is 3. The maximum atomic E-state index is 12.9. The van der Waals surface area contributed by atoms with E-state index in [1.807, 2.05) is 18.2 Å². The van der Waals surface area contributed by atoms with E-state index in [4.69, 9.17) is 16.0 Å². The van der Waals surface area contributed by atoms with Crippen LogP contribution in [0.1, 0.15) is 16.1 Å². The number of benzene rings is 1. The Hall–Kier alpha value is -3.65. The molecule has 3 aromatic heterocycles. The molecule has 0 N–H and O–H groups in total. The Bertz CT molecular complexity index is 1420. The van der Waals surface area contributed by atoms with Crippen molar-refractivity contribution in [1.82, 2.24) is 19.0 Å². The van der Waals surface area contributed by atoms with Crippen LogP contribution < -0.4 is 11.2 Å². The first-order valence-electron chi connectivity index (χ1n) is 9.42. The molecular formula is C22H19ClN4O4. The van der Waals surface area contributed by atoms with Gasteiger partial charge in [0.2, 0.25) is 0 Å². The van der Waals surface area contributed by atoms with Gasteiger partial charge in [0.05, 0.1) is 17.5 Å². The highest BCUT2D eigenvalue weighted by Crippen LogP contribution is 2.24. The second-order valence-electron chi connectivity index (χ2n) is 7.23. The zero-order chi connectivity index (χ0) is 22.3. The first-order chi connectivity index (χ1) is 14.8. The Morgan fingerprint density at radius 3 is 2.52 bits per heavy atom. The van der Waals surface area contributed by atoms with Crippen LogP contribution in [0.2, 0.25) is 5.02 Å². The monoisotopic (exact) mass is 438 g/mol. The molecule has 0 spiro atoms. The quantitative estimate of drug-likeness (QED) is 0.488. The van der Waals surface area contributed by atoms with E-state index in [2.05, 4.69) is 4.98 Å². The molecule has 0 radical (unpaired) electrons. The van der Waals surface area contributed by atoms with Gasteiger partial charge in [0.25, 0.3) is 11.5 Å². The summed E-state index contributed by atoms with van der Waals surface area (Å²) in [4.78, 5) is 43.1. The lowest BCUT2D eigenvalue weighted by Crippen LogP contribution is -2.37. The number of hydrogen-bond acceptors (Lipinski definition) is 5. The number of halogens is 1. The molecule has 0 bridgehead atoms. The minimum absolute atomic E-state index is 0.201. The van der Waals surface area contributed by atoms with Gasteiger partial charge in [0, 0.05) is 37.9 Å². The normalized spacial score (nSPS) is 11.1. The lowest BCUT2D eigenvalue weighted by molar-refractivity contribution is 0.0775. The van der Waals surface area contributed by atoms with Crippen LogP contribution in [-0.2, 0) is 20.6 Å². The van der Waals surface area contributed by atoms with E-state index in [1.165, 1.54) is 35.8 Å². The lowest BCUT2D eigenvalue weighted by Gasteiger charge is -2.16. The highest BCUT2D eigenvalue weighted by atomic mass is 35.5. The van der Waals surface area contributed by atoms with Gasteiger partial charge in [0.15, 0.2) is 0 Å². The standard InChI is InChI=1S/C22H19ClN4O4/c1-25(12-16-8-9-18(31-16)13-4-6-15(23)7-5-13)20(28)14-10-17-19(24-11-14)26(2)22(30)27(3)21(17)29/h4-11H,12H2,1-3H3. The van der Waals surface area contributed by atoms with E-state index in [0.29, 0.717) is 16.5 Å². The van der Waals surface area contributed by atoms with E-state index >= 15 is 0 Å². The van der Waals surface area contributed by atoms with Crippen molar-refractivity contribution in [1.29, 1.82) is 0 Å². The molecule has 0 saturated carbocycles. The third kappa shape index (κ3) is 3.77. The van der Waals surface area contributed by atoms with Crippen LogP contribution in [0.15, 0.2) is 62.7 Å². The van der Waals surface area contributed by atoms with Crippen molar-refractivity contribution in [2.24, 2.45) is 14.1 Å². The molecule has 0 aliphatic rings. The number of carbonyl (C=O) groups is 1. The number of pyridine rings is 1. The molecule has 0 aliphatic carbocycles. The second-order valence-corrected chi connectivity index (χ2v) is 7.67. The molecule has 0 fully saturated rings. The Labute approximate surface area is 181 Å². The van der Waals surface area contributed by atoms with Crippen LogP contribution in [-0.4, -0.2) is 32.0 Å². The molecule has 4 aromatic rings. The van der Waals surface area contributed by atoms with E-state index < -0.39 is 11.2 Å². The van der Waals surface area contributed by atoms with Crippen LogP contribution in [0.25, 0.3) is 22.4 Å². The maximum Gasteiger partial charge on any atom is 0.332 e. The maximum absolute atomic E-state index is 12.9. The molecule has 0 saturated heterocycles. The lowest BCUT2D eigenvalue weighted by atomic mass is 10.2. The van der Waals surface area contributed by atoms with E-state index in [0.717, 1.165) is 10.1 Å². The molecule has 8 nitrogen and oxygen atoms in total. The van der Waals surface area contributed by atoms with E-state index in [-0.39, 0.29) is 29.0 Å². The average molecular weight is 439 g/mol. The Balaban J connectivity index is 1.59. The number of carbonyl (C=O) groups excluding carboxylic acids is 1. The molecule has 31 heavy (non-hydrogen) atoms. The fraction of sp³-hybridized carbons (Fsp3) is 0.182. The molecule has 1 amide bonds. The molecule has 0 aliphatic heterocycles. The smallest absolute Gasteiger partial charge is 0.332 e. The summed E-state index contributed by atoms with van der Waals surface area (Å²) < 4.78 is 8.12. The number of amides is 1. The average Bonchev–Trinajstić information content (AvgIpc) is 3.24. The van der Waals surface area contributed by atoms with Crippen molar-refractivity contribution in [2.45, 2.75) is 6.54 Å². The van der Waals surface area contributed by atoms with Gasteiger partial charge in [-0.1, -0.05) is 11.6 Å². The molecule has 3 heterocycles. The summed E-state index contributed by atoms with van der Waals surface area (Å²) in [7, 11) is 4.55. The molecular weight excluding hydrogens is 420 g/mol. The molecule has 1 aromatic carbocycles. The molecule has 0 atom stereocenters. The van der Waals surface area contributed by atoms with Gasteiger partial charge < -0.3 is 9.32 Å². The topological polar surface area (TPSA) is 90.3 Å². The van der Waals surface area contributed by atoms with Crippen LogP contribution in [0, 0.1) is 0 Å². The van der Waals surface area contributed by atoms with Gasteiger partial charge >= 0.3 is 5.69 Å². The first kappa shape index (κ1) is 20.6. The van der Waals surface area contributed by atoms with Crippen molar-refractivity contribution < 1.29 is 9.21 Å². The number of nitrogens with zero attached hydrogens (tertiary/aromatic N) is 4. The van der Waals surface area contributed by atoms with Gasteiger partial charge in [-0.2, -0.15) is 0 Å². The van der Waals surface area contributed by atoms with E-state index in [1.54, 1.807) is 25.2 Å². The summed E-state index contributed by atoms with van der Waals surface area (Å²) in [6.45, 7) is 0.232. The third-order valence-electron chi connectivity index (χ3n) is 5.07. The van der Waals surface area contributed by atoms with E-state index in [9.17, 15) is 14.4 Å². The number of furan rings is 1. The number of aryl methyl sites for hydroxylation is 1. The Morgan fingerprint density at radius 1 is 1.10 bits per heavy atom. The first-order valence-corrected chi connectivity index (χ1v) is 9.80. The van der Waals surface area contributed by atoms with Gasteiger partial charge in [-0.3, -0.25) is 18.7 Å². The van der Waals surface area contributed by atoms with Gasteiger partial charge in [-0.25, -0.2) is 9.78 Å². The summed E-state index contributed by atoms with van der Waals surface area (Å²) in [5, 5.41) is 0.839. The predicted octanol–water partition coefficient (Wildman–Crippen LogP) is 2.82. The highest BCUT2D eigenvalue weighted by molar-refractivity contribution is 6.30. The highest BCUT2D eigenvalue weighted by Gasteiger charge is 2.18. The fourth-order valence-electron chi connectivity index (χ4n) is 3.34. The predicted molar refractivity (Wildman–Crippen MR) is 117 cm³/mol. The summed E-state index contributed by atoms with van der Waals surface area (Å²) in [5.41, 5.74) is 0.378. The zero-order valence-electron chi connectivity index (χ0n) is 17.1. The van der Waals surface area contributed by atoms with Crippen molar-refractivity contribution in [3.05, 3.63) is 85.8 Å². The molecule has 9 heteroatoms. The van der Waals surface area contributed by atoms with Gasteiger partial charge in [-0.15, -0.1) is 0 Å². The zero-order valence-corrected chi connectivity index (χ0v) is 17.9. The van der Waals surface area contributed by atoms with Crippen LogP contribution in [0.3, 0.4) is 0 Å². The number of fused-ring (bicyclic) bond motifs is 1. The van der Waals surface area contributed by atoms with Crippen LogP contribution >= 0.6 is 11.6 Å². The number of rotatable bonds is 4. The minimum atomic E-state index is -0.499. The van der Waals surface area contributed by atoms with Crippen molar-refractivity contribution in [3.63, 3.8) is 0 Å². The van der Waals surface area contributed by atoms with Crippen molar-refractivity contribution in [2.75, 3.05) is 7.05 Å². The molecule has 158 valence electrons. The summed E-state index contributed by atoms with van der Waals surface area (Å²) in [6.07, 6.45) is 1.36. The minimum Gasteiger partial charge on any atom is -0.459 e. The largest absolute Gasteiger partial charge is 0.459 e. The third-order valence-corrected chi connectivity index (χ3v) is 5.32. The Kier molecular flexibility index (Phi) is 5.24. The van der Waals surface area contributed by atoms with Crippen LogP contribution in [0.4, 0.5) is 0 Å². The van der Waals surface area contributed by atoms with Crippen LogP contribution in [0.5, 0.6) is 0 Å². The fourth-order valence-corrected chi connectivity index (χ4v) is 3.47. The Morgan fingerprint density at radius 2 is 1.81 bits per heavy atom. The number of hydrogen-bond donors (Lipinski definition) is 0. The SMILES string of the molecule is CN(Cc1ccc(-c2ccc(Cl)cc2)o1)C(=O)c1cnc2c(c1)c(=O)n(C)c(=O)n2C.